The Labute approximate surface area is 124 Å². The number of hydrogen-bond donors (Lipinski definition) is 2. The monoisotopic (exact) mass is 291 g/mol. The van der Waals surface area contributed by atoms with Crippen LogP contribution in [-0.4, -0.2) is 35.6 Å². The van der Waals surface area contributed by atoms with Gasteiger partial charge in [0.15, 0.2) is 5.13 Å². The molecule has 1 heterocycles. The van der Waals surface area contributed by atoms with Crippen molar-refractivity contribution in [1.82, 2.24) is 9.88 Å². The highest BCUT2D eigenvalue weighted by Crippen LogP contribution is 2.18. The minimum absolute atomic E-state index is 0.401. The first kappa shape index (κ1) is 15.0. The molecule has 0 aliphatic heterocycles. The molecule has 108 valence electrons. The van der Waals surface area contributed by atoms with Crippen LogP contribution in [0.15, 0.2) is 35.7 Å². The van der Waals surface area contributed by atoms with Gasteiger partial charge in [-0.05, 0) is 19.0 Å². The minimum Gasteiger partial charge on any atom is -0.388 e. The van der Waals surface area contributed by atoms with Crippen molar-refractivity contribution in [3.05, 3.63) is 47.0 Å². The summed E-state index contributed by atoms with van der Waals surface area (Å²) in [5, 5.41) is 16.2. The smallest absolute Gasteiger partial charge is 0.182 e. The Kier molecular flexibility index (Phi) is 5.52. The molecule has 0 fully saturated rings. The summed E-state index contributed by atoms with van der Waals surface area (Å²) < 4.78 is 0. The number of benzene rings is 1. The Morgan fingerprint density at radius 3 is 2.75 bits per heavy atom. The van der Waals surface area contributed by atoms with Crippen LogP contribution in [0.25, 0.3) is 0 Å². The molecule has 0 aliphatic rings. The number of rotatable bonds is 7. The highest BCUT2D eigenvalue weighted by molar-refractivity contribution is 7.13. The third kappa shape index (κ3) is 4.30. The lowest BCUT2D eigenvalue weighted by Crippen LogP contribution is -2.21. The van der Waals surface area contributed by atoms with Gasteiger partial charge in [-0.3, -0.25) is 0 Å². The van der Waals surface area contributed by atoms with E-state index in [1.807, 2.05) is 37.4 Å². The first-order valence-electron chi connectivity index (χ1n) is 6.72. The standard InChI is InChI=1S/C15H21N3OS/c1-16-15-17-13(11-20-15)10-18(2)9-8-14(19)12-6-4-3-5-7-12/h3-7,11,14,19H,8-10H2,1-2H3,(H,16,17)/t14-/m0/s1. The number of aliphatic hydroxyl groups is 1. The van der Waals surface area contributed by atoms with Crippen LogP contribution in [0.3, 0.4) is 0 Å². The maximum absolute atomic E-state index is 10.1. The second-order valence-electron chi connectivity index (χ2n) is 4.85. The maximum Gasteiger partial charge on any atom is 0.182 e. The first-order chi connectivity index (χ1) is 9.69. The van der Waals surface area contributed by atoms with Crippen LogP contribution < -0.4 is 5.32 Å². The van der Waals surface area contributed by atoms with Crippen LogP contribution in [-0.2, 0) is 6.54 Å². The van der Waals surface area contributed by atoms with E-state index >= 15 is 0 Å². The topological polar surface area (TPSA) is 48.4 Å². The summed E-state index contributed by atoms with van der Waals surface area (Å²) in [5.41, 5.74) is 2.04. The molecule has 1 aromatic carbocycles. The number of aromatic nitrogens is 1. The predicted octanol–water partition coefficient (Wildman–Crippen LogP) is 2.74. The molecule has 1 atom stereocenters. The van der Waals surface area contributed by atoms with Crippen molar-refractivity contribution in [2.75, 3.05) is 26.0 Å². The van der Waals surface area contributed by atoms with E-state index in [0.717, 1.165) is 35.9 Å². The molecule has 4 nitrogen and oxygen atoms in total. The van der Waals surface area contributed by atoms with Crippen LogP contribution in [0, 0.1) is 0 Å². The fourth-order valence-electron chi connectivity index (χ4n) is 2.03. The zero-order chi connectivity index (χ0) is 14.4. The Morgan fingerprint density at radius 1 is 1.35 bits per heavy atom. The SMILES string of the molecule is CNc1nc(CN(C)CC[C@H](O)c2ccccc2)cs1. The minimum atomic E-state index is -0.401. The lowest BCUT2D eigenvalue weighted by Gasteiger charge is -2.18. The van der Waals surface area contributed by atoms with Gasteiger partial charge in [0, 0.05) is 25.5 Å². The molecule has 0 saturated carbocycles. The Morgan fingerprint density at radius 2 is 2.10 bits per heavy atom. The van der Waals surface area contributed by atoms with Crippen molar-refractivity contribution in [2.24, 2.45) is 0 Å². The summed E-state index contributed by atoms with van der Waals surface area (Å²) in [6, 6.07) is 9.80. The molecule has 1 aromatic heterocycles. The Bertz CT molecular complexity index is 515. The zero-order valence-corrected chi connectivity index (χ0v) is 12.7. The van der Waals surface area contributed by atoms with E-state index in [1.165, 1.54) is 0 Å². The molecule has 0 amide bonds. The Balaban J connectivity index is 1.78. The molecule has 20 heavy (non-hydrogen) atoms. The molecular weight excluding hydrogens is 270 g/mol. The number of anilines is 1. The molecular formula is C15H21N3OS. The molecule has 2 aromatic rings. The molecule has 0 aliphatic carbocycles. The fourth-order valence-corrected chi connectivity index (χ4v) is 2.70. The van der Waals surface area contributed by atoms with Crippen molar-refractivity contribution < 1.29 is 5.11 Å². The van der Waals surface area contributed by atoms with Crippen LogP contribution >= 0.6 is 11.3 Å². The maximum atomic E-state index is 10.1. The van der Waals surface area contributed by atoms with Gasteiger partial charge < -0.3 is 15.3 Å². The molecule has 0 spiro atoms. The lowest BCUT2D eigenvalue weighted by atomic mass is 10.1. The zero-order valence-electron chi connectivity index (χ0n) is 11.9. The van der Waals surface area contributed by atoms with Crippen molar-refractivity contribution in [1.29, 1.82) is 0 Å². The molecule has 0 saturated heterocycles. The van der Waals surface area contributed by atoms with Crippen molar-refractivity contribution in [3.63, 3.8) is 0 Å². The van der Waals surface area contributed by atoms with Gasteiger partial charge in [-0.15, -0.1) is 11.3 Å². The second-order valence-corrected chi connectivity index (χ2v) is 5.71. The van der Waals surface area contributed by atoms with E-state index < -0.39 is 6.10 Å². The number of nitrogens with zero attached hydrogens (tertiary/aromatic N) is 2. The average Bonchev–Trinajstić information content (AvgIpc) is 2.93. The number of thiazole rings is 1. The van der Waals surface area contributed by atoms with Crippen molar-refractivity contribution in [3.8, 4) is 0 Å². The van der Waals surface area contributed by atoms with Crippen molar-refractivity contribution in [2.45, 2.75) is 19.1 Å². The predicted molar refractivity (Wildman–Crippen MR) is 84.0 cm³/mol. The van der Waals surface area contributed by atoms with Gasteiger partial charge in [-0.2, -0.15) is 0 Å². The summed E-state index contributed by atoms with van der Waals surface area (Å²) in [6.07, 6.45) is 0.325. The summed E-state index contributed by atoms with van der Waals surface area (Å²) in [5.74, 6) is 0. The van der Waals surface area contributed by atoms with E-state index in [1.54, 1.807) is 11.3 Å². The second kappa shape index (κ2) is 7.38. The van der Waals surface area contributed by atoms with Gasteiger partial charge in [-0.1, -0.05) is 30.3 Å². The normalized spacial score (nSPS) is 12.6. The molecule has 0 bridgehead atoms. The number of aliphatic hydroxyl groups excluding tert-OH is 1. The highest BCUT2D eigenvalue weighted by Gasteiger charge is 2.10. The quantitative estimate of drug-likeness (QED) is 0.823. The van der Waals surface area contributed by atoms with Crippen molar-refractivity contribution >= 4 is 16.5 Å². The average molecular weight is 291 g/mol. The summed E-state index contributed by atoms with van der Waals surface area (Å²) >= 11 is 1.61. The van der Waals surface area contributed by atoms with Crippen LogP contribution in [0.4, 0.5) is 5.13 Å². The lowest BCUT2D eigenvalue weighted by molar-refractivity contribution is 0.147. The molecule has 0 radical (unpaired) electrons. The number of hydrogen-bond acceptors (Lipinski definition) is 5. The summed E-state index contributed by atoms with van der Waals surface area (Å²) in [7, 11) is 3.93. The van der Waals surface area contributed by atoms with Gasteiger partial charge in [0.25, 0.3) is 0 Å². The first-order valence-corrected chi connectivity index (χ1v) is 7.60. The van der Waals surface area contributed by atoms with Gasteiger partial charge in [-0.25, -0.2) is 4.98 Å². The van der Waals surface area contributed by atoms with Gasteiger partial charge in [0.05, 0.1) is 11.8 Å². The van der Waals surface area contributed by atoms with E-state index in [-0.39, 0.29) is 0 Å². The van der Waals surface area contributed by atoms with Gasteiger partial charge >= 0.3 is 0 Å². The van der Waals surface area contributed by atoms with Gasteiger partial charge in [0.2, 0.25) is 0 Å². The van der Waals surface area contributed by atoms with Crippen LogP contribution in [0.5, 0.6) is 0 Å². The molecule has 5 heteroatoms. The molecule has 2 N–H and O–H groups in total. The largest absolute Gasteiger partial charge is 0.388 e. The van der Waals surface area contributed by atoms with E-state index in [4.69, 9.17) is 0 Å². The molecule has 2 rings (SSSR count). The molecule has 0 unspecified atom stereocenters. The van der Waals surface area contributed by atoms with Crippen LogP contribution in [0.1, 0.15) is 23.8 Å². The summed E-state index contributed by atoms with van der Waals surface area (Å²) in [4.78, 5) is 6.64. The summed E-state index contributed by atoms with van der Waals surface area (Å²) in [6.45, 7) is 1.64. The third-order valence-corrected chi connectivity index (χ3v) is 4.07. The van der Waals surface area contributed by atoms with E-state index in [0.29, 0.717) is 0 Å². The van der Waals surface area contributed by atoms with Gasteiger partial charge in [0.1, 0.15) is 0 Å². The number of nitrogens with one attached hydrogen (secondary N) is 1. The van der Waals surface area contributed by atoms with E-state index in [2.05, 4.69) is 27.6 Å². The highest BCUT2D eigenvalue weighted by atomic mass is 32.1. The Hall–Kier alpha value is -1.43. The van der Waals surface area contributed by atoms with E-state index in [9.17, 15) is 5.11 Å². The van der Waals surface area contributed by atoms with Crippen LogP contribution in [0.2, 0.25) is 0 Å². The third-order valence-electron chi connectivity index (χ3n) is 3.17. The fraction of sp³-hybridized carbons (Fsp3) is 0.400.